The van der Waals surface area contributed by atoms with Gasteiger partial charge >= 0.3 is 0 Å². The van der Waals surface area contributed by atoms with E-state index in [-0.39, 0.29) is 12.0 Å². The highest BCUT2D eigenvalue weighted by molar-refractivity contribution is 5.81. The highest BCUT2D eigenvalue weighted by Gasteiger charge is 2.25. The lowest BCUT2D eigenvalue weighted by Crippen LogP contribution is -2.48. The molecule has 0 aliphatic carbocycles. The maximum atomic E-state index is 12.5. The van der Waals surface area contributed by atoms with Crippen LogP contribution in [-0.2, 0) is 11.2 Å². The van der Waals surface area contributed by atoms with Crippen molar-refractivity contribution in [3.63, 3.8) is 0 Å². The first-order valence-corrected chi connectivity index (χ1v) is 8.06. The highest BCUT2D eigenvalue weighted by atomic mass is 16.6. The Hall–Kier alpha value is -2.53. The molecule has 0 aromatic heterocycles. The van der Waals surface area contributed by atoms with E-state index in [0.29, 0.717) is 25.3 Å². The Morgan fingerprint density at radius 2 is 1.83 bits per heavy atom. The van der Waals surface area contributed by atoms with Gasteiger partial charge in [0.1, 0.15) is 6.61 Å². The van der Waals surface area contributed by atoms with E-state index in [1.807, 2.05) is 54.6 Å². The fourth-order valence-corrected chi connectivity index (χ4v) is 2.79. The van der Waals surface area contributed by atoms with Crippen LogP contribution in [0.5, 0.6) is 11.5 Å². The van der Waals surface area contributed by atoms with E-state index in [1.165, 1.54) is 0 Å². The summed E-state index contributed by atoms with van der Waals surface area (Å²) in [6, 6.07) is 16.8. The summed E-state index contributed by atoms with van der Waals surface area (Å²) in [6.45, 7) is 0.859. The summed E-state index contributed by atoms with van der Waals surface area (Å²) in [5.41, 5.74) is 7.12. The molecule has 1 aliphatic rings. The zero-order valence-electron chi connectivity index (χ0n) is 13.7. The zero-order valence-corrected chi connectivity index (χ0v) is 13.7. The van der Waals surface area contributed by atoms with Gasteiger partial charge in [-0.05, 0) is 24.1 Å². The van der Waals surface area contributed by atoms with Crippen molar-refractivity contribution >= 4 is 5.91 Å². The summed E-state index contributed by atoms with van der Waals surface area (Å²) in [5, 5.41) is 0. The molecule has 5 heteroatoms. The molecule has 126 valence electrons. The van der Waals surface area contributed by atoms with Gasteiger partial charge in [-0.1, -0.05) is 42.5 Å². The number of carbonyl (C=O) groups excluding carboxylic acids is 1. The third kappa shape index (κ3) is 3.86. The number of nitrogens with zero attached hydrogens (tertiary/aromatic N) is 1. The molecule has 2 N–H and O–H groups in total. The number of benzene rings is 2. The molecule has 2 aromatic carbocycles. The van der Waals surface area contributed by atoms with Crippen molar-refractivity contribution in [1.29, 1.82) is 0 Å². The van der Waals surface area contributed by atoms with Gasteiger partial charge in [-0.2, -0.15) is 0 Å². The molecule has 1 amide bonds. The van der Waals surface area contributed by atoms with Crippen LogP contribution in [0.3, 0.4) is 0 Å². The van der Waals surface area contributed by atoms with Crippen LogP contribution in [-0.4, -0.2) is 43.2 Å². The van der Waals surface area contributed by atoms with Gasteiger partial charge in [-0.3, -0.25) is 4.79 Å². The normalized spacial score (nSPS) is 17.2. The van der Waals surface area contributed by atoms with Gasteiger partial charge < -0.3 is 20.1 Å². The number of carbonyl (C=O) groups is 1. The van der Waals surface area contributed by atoms with Gasteiger partial charge in [0.25, 0.3) is 0 Å². The second-order valence-corrected chi connectivity index (χ2v) is 6.01. The van der Waals surface area contributed by atoms with Crippen molar-refractivity contribution in [2.24, 2.45) is 5.73 Å². The monoisotopic (exact) mass is 326 g/mol. The predicted octanol–water partition coefficient (Wildman–Crippen LogP) is 1.85. The molecular formula is C19H22N2O3. The molecule has 0 spiro atoms. The van der Waals surface area contributed by atoms with E-state index in [1.54, 1.807) is 11.9 Å². The number of amides is 1. The van der Waals surface area contributed by atoms with E-state index in [0.717, 1.165) is 11.3 Å². The number of hydrogen-bond acceptors (Lipinski definition) is 4. The fourth-order valence-electron chi connectivity index (χ4n) is 2.79. The molecule has 2 atom stereocenters. The molecule has 0 bridgehead atoms. The number of nitrogens with two attached hydrogens (primary N) is 1. The summed E-state index contributed by atoms with van der Waals surface area (Å²) < 4.78 is 11.6. The van der Waals surface area contributed by atoms with Crippen molar-refractivity contribution in [3.8, 4) is 11.5 Å². The number of fused-ring (bicyclic) bond motifs is 1. The van der Waals surface area contributed by atoms with E-state index >= 15 is 0 Å². The minimum absolute atomic E-state index is 0.0960. The van der Waals surface area contributed by atoms with E-state index in [2.05, 4.69) is 0 Å². The Morgan fingerprint density at radius 1 is 1.17 bits per heavy atom. The smallest absolute Gasteiger partial charge is 0.239 e. The van der Waals surface area contributed by atoms with Gasteiger partial charge in [0, 0.05) is 7.05 Å². The maximum absolute atomic E-state index is 12.5. The SMILES string of the molecule is CN(CC1COc2ccccc2O1)C(=O)C(N)Cc1ccccc1. The molecule has 0 fully saturated rings. The van der Waals surface area contributed by atoms with Gasteiger partial charge in [-0.15, -0.1) is 0 Å². The van der Waals surface area contributed by atoms with Crippen LogP contribution in [0.15, 0.2) is 54.6 Å². The second kappa shape index (κ2) is 7.36. The van der Waals surface area contributed by atoms with E-state index < -0.39 is 6.04 Å². The number of para-hydroxylation sites is 2. The standard InChI is InChI=1S/C19H22N2O3/c1-21(19(22)16(20)11-14-7-3-2-4-8-14)12-15-13-23-17-9-5-6-10-18(17)24-15/h2-10,15-16H,11-13,20H2,1H3. The molecule has 2 aromatic rings. The average molecular weight is 326 g/mol. The topological polar surface area (TPSA) is 64.8 Å². The first-order valence-electron chi connectivity index (χ1n) is 8.06. The summed E-state index contributed by atoms with van der Waals surface area (Å²) in [5.74, 6) is 1.35. The van der Waals surface area contributed by atoms with E-state index in [4.69, 9.17) is 15.2 Å². The largest absolute Gasteiger partial charge is 0.486 e. The Balaban J connectivity index is 1.55. The highest BCUT2D eigenvalue weighted by Crippen LogP contribution is 2.30. The van der Waals surface area contributed by atoms with Crippen molar-refractivity contribution in [1.82, 2.24) is 4.90 Å². The molecule has 1 aliphatic heterocycles. The maximum Gasteiger partial charge on any atom is 0.239 e. The summed E-state index contributed by atoms with van der Waals surface area (Å²) in [6.07, 6.45) is 0.326. The predicted molar refractivity (Wildman–Crippen MR) is 92.1 cm³/mol. The molecule has 0 saturated carbocycles. The summed E-state index contributed by atoms with van der Waals surface area (Å²) in [4.78, 5) is 14.1. The number of likely N-dealkylation sites (N-methyl/N-ethyl adjacent to an activating group) is 1. The van der Waals surface area contributed by atoms with Crippen LogP contribution in [0, 0.1) is 0 Å². The van der Waals surface area contributed by atoms with Crippen molar-refractivity contribution in [2.75, 3.05) is 20.2 Å². The second-order valence-electron chi connectivity index (χ2n) is 6.01. The van der Waals surface area contributed by atoms with Crippen LogP contribution in [0.4, 0.5) is 0 Å². The Morgan fingerprint density at radius 3 is 2.58 bits per heavy atom. The number of hydrogen-bond donors (Lipinski definition) is 1. The molecule has 0 radical (unpaired) electrons. The first-order chi connectivity index (χ1) is 11.6. The molecule has 1 heterocycles. The van der Waals surface area contributed by atoms with Gasteiger partial charge in [0.05, 0.1) is 12.6 Å². The quantitative estimate of drug-likeness (QED) is 0.911. The van der Waals surface area contributed by atoms with Crippen LogP contribution in [0.25, 0.3) is 0 Å². The van der Waals surface area contributed by atoms with Crippen molar-refractivity contribution in [2.45, 2.75) is 18.6 Å². The minimum Gasteiger partial charge on any atom is -0.486 e. The molecule has 5 nitrogen and oxygen atoms in total. The molecular weight excluding hydrogens is 304 g/mol. The van der Waals surface area contributed by atoms with Crippen LogP contribution in [0.1, 0.15) is 5.56 Å². The van der Waals surface area contributed by atoms with Crippen molar-refractivity contribution < 1.29 is 14.3 Å². The molecule has 3 rings (SSSR count). The molecule has 0 saturated heterocycles. The third-order valence-electron chi connectivity index (χ3n) is 4.04. The van der Waals surface area contributed by atoms with Crippen LogP contribution < -0.4 is 15.2 Å². The van der Waals surface area contributed by atoms with Crippen molar-refractivity contribution in [3.05, 3.63) is 60.2 Å². The Labute approximate surface area is 142 Å². The first kappa shape index (κ1) is 16.3. The van der Waals surface area contributed by atoms with Crippen LogP contribution >= 0.6 is 0 Å². The van der Waals surface area contributed by atoms with Crippen LogP contribution in [0.2, 0.25) is 0 Å². The van der Waals surface area contributed by atoms with E-state index in [9.17, 15) is 4.79 Å². The molecule has 2 unspecified atom stereocenters. The number of rotatable bonds is 5. The van der Waals surface area contributed by atoms with Gasteiger partial charge in [-0.25, -0.2) is 0 Å². The lowest BCUT2D eigenvalue weighted by Gasteiger charge is -2.30. The fraction of sp³-hybridized carbons (Fsp3) is 0.316. The Kier molecular flexibility index (Phi) is 5.01. The lowest BCUT2D eigenvalue weighted by atomic mass is 10.1. The summed E-state index contributed by atoms with van der Waals surface area (Å²) in [7, 11) is 1.75. The average Bonchev–Trinajstić information content (AvgIpc) is 2.61. The number of ether oxygens (including phenoxy) is 2. The minimum atomic E-state index is -0.561. The summed E-state index contributed by atoms with van der Waals surface area (Å²) >= 11 is 0. The van der Waals surface area contributed by atoms with Gasteiger partial charge in [0.2, 0.25) is 5.91 Å². The Bertz CT molecular complexity index is 690. The zero-order chi connectivity index (χ0) is 16.9. The third-order valence-corrected chi connectivity index (χ3v) is 4.04. The van der Waals surface area contributed by atoms with Gasteiger partial charge in [0.15, 0.2) is 17.6 Å². The lowest BCUT2D eigenvalue weighted by molar-refractivity contribution is -0.132. The molecule has 24 heavy (non-hydrogen) atoms.